The smallest absolute Gasteiger partial charge is 0.374 e. The summed E-state index contributed by atoms with van der Waals surface area (Å²) >= 11 is 0. The second-order valence-corrected chi connectivity index (χ2v) is 4.39. The van der Waals surface area contributed by atoms with Gasteiger partial charge in [-0.2, -0.15) is 0 Å². The Labute approximate surface area is 71.8 Å². The molecule has 2 N–H and O–H groups in total. The summed E-state index contributed by atoms with van der Waals surface area (Å²) in [5.41, 5.74) is 5.38. The molecule has 0 aliphatic rings. The van der Waals surface area contributed by atoms with Crippen molar-refractivity contribution in [1.29, 1.82) is 0 Å². The van der Waals surface area contributed by atoms with Crippen molar-refractivity contribution in [2.45, 2.75) is 6.92 Å². The molecule has 0 aromatic carbocycles. The SMILES string of the molecule is C=C(N)/N=C(\C)P(=O)(OC)OC. The van der Waals surface area contributed by atoms with E-state index in [2.05, 4.69) is 20.6 Å². The first-order valence-corrected chi connectivity index (χ1v) is 4.72. The summed E-state index contributed by atoms with van der Waals surface area (Å²) in [4.78, 5) is 3.68. The topological polar surface area (TPSA) is 73.9 Å². The molecule has 0 heterocycles. The third-order valence-electron chi connectivity index (χ3n) is 1.18. The van der Waals surface area contributed by atoms with Crippen LogP contribution < -0.4 is 5.73 Å². The van der Waals surface area contributed by atoms with Gasteiger partial charge >= 0.3 is 7.60 Å². The lowest BCUT2D eigenvalue weighted by atomic mass is 10.8. The summed E-state index contributed by atoms with van der Waals surface area (Å²) in [5, 5.41) is 0. The summed E-state index contributed by atoms with van der Waals surface area (Å²) in [5.74, 6) is 0.0711. The summed E-state index contributed by atoms with van der Waals surface area (Å²) in [7, 11) is -0.656. The third-order valence-corrected chi connectivity index (χ3v) is 3.04. The van der Waals surface area contributed by atoms with Crippen LogP contribution in [0.15, 0.2) is 17.4 Å². The zero-order valence-corrected chi connectivity index (χ0v) is 8.30. The van der Waals surface area contributed by atoms with Crippen molar-refractivity contribution in [3.63, 3.8) is 0 Å². The van der Waals surface area contributed by atoms with Crippen molar-refractivity contribution in [2.75, 3.05) is 14.2 Å². The molecule has 0 saturated heterocycles. The van der Waals surface area contributed by atoms with Gasteiger partial charge in [0.1, 0.15) is 11.3 Å². The Kier molecular flexibility index (Phi) is 4.17. The second-order valence-electron chi connectivity index (χ2n) is 2.01. The van der Waals surface area contributed by atoms with E-state index in [1.54, 1.807) is 0 Å². The van der Waals surface area contributed by atoms with Gasteiger partial charge in [0.05, 0.1) is 0 Å². The quantitative estimate of drug-likeness (QED) is 0.538. The van der Waals surface area contributed by atoms with Gasteiger partial charge in [-0.05, 0) is 6.92 Å². The molecule has 70 valence electrons. The second kappa shape index (κ2) is 4.40. The van der Waals surface area contributed by atoms with Gasteiger partial charge in [-0.1, -0.05) is 6.58 Å². The van der Waals surface area contributed by atoms with Gasteiger partial charge in [-0.25, -0.2) is 4.99 Å². The van der Waals surface area contributed by atoms with Gasteiger partial charge in [0.15, 0.2) is 0 Å². The fraction of sp³-hybridized carbons (Fsp3) is 0.500. The Morgan fingerprint density at radius 3 is 2.17 bits per heavy atom. The predicted molar refractivity (Wildman–Crippen MR) is 48.1 cm³/mol. The summed E-state index contributed by atoms with van der Waals surface area (Å²) in [6.07, 6.45) is 0. The van der Waals surface area contributed by atoms with Crippen molar-refractivity contribution >= 4 is 13.0 Å². The number of nitrogens with two attached hydrogens (primary N) is 1. The molecule has 6 heteroatoms. The van der Waals surface area contributed by atoms with Crippen LogP contribution in [0, 0.1) is 0 Å². The summed E-state index contributed by atoms with van der Waals surface area (Å²) < 4.78 is 20.8. The Balaban J connectivity index is 4.76. The molecule has 0 aliphatic carbocycles. The molecule has 0 rings (SSSR count). The zero-order valence-electron chi connectivity index (χ0n) is 7.40. The Morgan fingerprint density at radius 1 is 1.50 bits per heavy atom. The molecule has 0 saturated carbocycles. The Morgan fingerprint density at radius 2 is 1.92 bits per heavy atom. The van der Waals surface area contributed by atoms with E-state index in [1.807, 2.05) is 0 Å². The van der Waals surface area contributed by atoms with Crippen LogP contribution in [-0.2, 0) is 13.6 Å². The lowest BCUT2D eigenvalue weighted by molar-refractivity contribution is 0.290. The monoisotopic (exact) mass is 192 g/mol. The van der Waals surface area contributed by atoms with E-state index in [-0.39, 0.29) is 11.3 Å². The number of nitrogens with zero attached hydrogens (tertiary/aromatic N) is 1. The number of hydrogen-bond acceptors (Lipinski definition) is 5. The maximum atomic E-state index is 11.5. The minimum absolute atomic E-state index is 0.0711. The molecular weight excluding hydrogens is 179 g/mol. The van der Waals surface area contributed by atoms with Crippen molar-refractivity contribution in [3.8, 4) is 0 Å². The van der Waals surface area contributed by atoms with Gasteiger partial charge < -0.3 is 14.8 Å². The van der Waals surface area contributed by atoms with Gasteiger partial charge in [0.2, 0.25) is 0 Å². The van der Waals surface area contributed by atoms with Crippen LogP contribution in [0.5, 0.6) is 0 Å². The summed E-state index contributed by atoms with van der Waals surface area (Å²) in [6.45, 7) is 4.84. The molecule has 0 amide bonds. The summed E-state index contributed by atoms with van der Waals surface area (Å²) in [6, 6.07) is 0. The van der Waals surface area contributed by atoms with E-state index in [0.29, 0.717) is 0 Å². The predicted octanol–water partition coefficient (Wildman–Crippen LogP) is 1.32. The first-order chi connectivity index (χ1) is 5.46. The molecule has 0 aromatic rings. The van der Waals surface area contributed by atoms with E-state index in [0.717, 1.165) is 0 Å². The van der Waals surface area contributed by atoms with Crippen molar-refractivity contribution in [2.24, 2.45) is 10.7 Å². The maximum Gasteiger partial charge on any atom is 0.374 e. The van der Waals surface area contributed by atoms with Crippen LogP contribution in [-0.4, -0.2) is 19.7 Å². The van der Waals surface area contributed by atoms with E-state index < -0.39 is 7.60 Å². The molecule has 5 nitrogen and oxygen atoms in total. The standard InChI is InChI=1S/C6H13N2O3P/c1-5(7)8-6(2)12(9,10-3)11-4/h1,7H2,2-4H3/b8-6+. The molecular formula is C6H13N2O3P. The van der Waals surface area contributed by atoms with Crippen LogP contribution in [0.25, 0.3) is 0 Å². The largest absolute Gasteiger partial charge is 0.384 e. The van der Waals surface area contributed by atoms with Crippen molar-refractivity contribution in [1.82, 2.24) is 0 Å². The molecule has 0 spiro atoms. The molecule has 0 bridgehead atoms. The Bertz CT molecular complexity index is 241. The average molecular weight is 192 g/mol. The first-order valence-electron chi connectivity index (χ1n) is 3.18. The highest BCUT2D eigenvalue weighted by atomic mass is 31.2. The van der Waals surface area contributed by atoms with Gasteiger partial charge in [-0.15, -0.1) is 0 Å². The highest BCUT2D eigenvalue weighted by Crippen LogP contribution is 2.47. The van der Waals surface area contributed by atoms with E-state index in [1.165, 1.54) is 21.1 Å². The van der Waals surface area contributed by atoms with E-state index in [9.17, 15) is 4.57 Å². The zero-order chi connectivity index (χ0) is 9.78. The molecule has 0 fully saturated rings. The van der Waals surface area contributed by atoms with Crippen LogP contribution in [0.4, 0.5) is 0 Å². The molecule has 0 unspecified atom stereocenters. The van der Waals surface area contributed by atoms with Crippen molar-refractivity contribution in [3.05, 3.63) is 12.4 Å². The van der Waals surface area contributed by atoms with Gasteiger partial charge in [0.25, 0.3) is 0 Å². The van der Waals surface area contributed by atoms with E-state index >= 15 is 0 Å². The number of rotatable bonds is 4. The molecule has 0 atom stereocenters. The normalized spacial score (nSPS) is 13.1. The van der Waals surface area contributed by atoms with Gasteiger partial charge in [-0.3, -0.25) is 4.57 Å². The third kappa shape index (κ3) is 2.77. The number of hydrogen-bond donors (Lipinski definition) is 1. The van der Waals surface area contributed by atoms with E-state index in [4.69, 9.17) is 5.73 Å². The van der Waals surface area contributed by atoms with Gasteiger partial charge in [0, 0.05) is 14.2 Å². The average Bonchev–Trinajstić information content (AvgIpc) is 2.02. The highest BCUT2D eigenvalue weighted by Gasteiger charge is 2.25. The molecule has 12 heavy (non-hydrogen) atoms. The minimum Gasteiger partial charge on any atom is -0.384 e. The van der Waals surface area contributed by atoms with Crippen molar-refractivity contribution < 1.29 is 13.6 Å². The molecule has 0 radical (unpaired) electrons. The maximum absolute atomic E-state index is 11.5. The lowest BCUT2D eigenvalue weighted by Crippen LogP contribution is -2.02. The fourth-order valence-electron chi connectivity index (χ4n) is 0.608. The highest BCUT2D eigenvalue weighted by molar-refractivity contribution is 7.72. The lowest BCUT2D eigenvalue weighted by Gasteiger charge is -2.12. The first kappa shape index (κ1) is 11.4. The van der Waals surface area contributed by atoms with Crippen LogP contribution >= 0.6 is 7.60 Å². The minimum atomic E-state index is -3.22. The molecule has 0 aliphatic heterocycles. The Hall–Kier alpha value is -0.640. The van der Waals surface area contributed by atoms with Crippen LogP contribution in [0.1, 0.15) is 6.92 Å². The molecule has 0 aromatic heterocycles. The van der Waals surface area contributed by atoms with Crippen LogP contribution in [0.2, 0.25) is 0 Å². The fourth-order valence-corrected chi connectivity index (χ4v) is 1.54. The van der Waals surface area contributed by atoms with Crippen LogP contribution in [0.3, 0.4) is 0 Å². The number of aliphatic imine (C=N–C) groups is 1.